The number of carbonyl (C=O) groups is 2. The van der Waals surface area contributed by atoms with Crippen LogP contribution < -0.4 is 5.32 Å². The van der Waals surface area contributed by atoms with Gasteiger partial charge in [-0.15, -0.1) is 0 Å². The van der Waals surface area contributed by atoms with Gasteiger partial charge < -0.3 is 10.2 Å². The summed E-state index contributed by atoms with van der Waals surface area (Å²) in [6.07, 6.45) is 1.74. The van der Waals surface area contributed by atoms with E-state index in [0.717, 1.165) is 38.1 Å². The summed E-state index contributed by atoms with van der Waals surface area (Å²) in [6, 6.07) is 7.50. The lowest BCUT2D eigenvalue weighted by atomic mass is 9.56. The van der Waals surface area contributed by atoms with E-state index in [1.807, 2.05) is 0 Å². The van der Waals surface area contributed by atoms with Gasteiger partial charge in [0.1, 0.15) is 23.1 Å². The standard InChI is InChI=1S/C20H19F2N3O2/c1-25-10-20(11-25)8-12(9-20)18(26)16-3-2-4-17(23-16)24-19(27)14-6-5-13(21)7-15(14)22/h2-7,12H,8-11H2,1H3,(H,23,24,27). The fraction of sp³-hybridized carbons (Fsp3) is 0.350. The molecule has 0 bridgehead atoms. The van der Waals surface area contributed by atoms with Crippen molar-refractivity contribution in [3.05, 3.63) is 59.3 Å². The zero-order valence-corrected chi connectivity index (χ0v) is 14.8. The van der Waals surface area contributed by atoms with Crippen molar-refractivity contribution in [2.24, 2.45) is 11.3 Å². The van der Waals surface area contributed by atoms with Crippen LogP contribution in [0.5, 0.6) is 0 Å². The predicted molar refractivity (Wildman–Crippen MR) is 95.5 cm³/mol. The number of rotatable bonds is 4. The summed E-state index contributed by atoms with van der Waals surface area (Å²) < 4.78 is 26.7. The molecule has 2 fully saturated rings. The van der Waals surface area contributed by atoms with Crippen molar-refractivity contribution in [1.82, 2.24) is 9.88 Å². The highest BCUT2D eigenvalue weighted by molar-refractivity contribution is 6.04. The second-order valence-electron chi connectivity index (χ2n) is 7.63. The van der Waals surface area contributed by atoms with Crippen LogP contribution in [0.1, 0.15) is 33.7 Å². The molecule has 1 N–H and O–H groups in total. The Balaban J connectivity index is 1.43. The van der Waals surface area contributed by atoms with Crippen molar-refractivity contribution >= 4 is 17.5 Å². The molecule has 0 radical (unpaired) electrons. The largest absolute Gasteiger partial charge is 0.306 e. The predicted octanol–water partition coefficient (Wildman–Crippen LogP) is 3.14. The van der Waals surface area contributed by atoms with Gasteiger partial charge in [0.2, 0.25) is 0 Å². The zero-order chi connectivity index (χ0) is 19.2. The van der Waals surface area contributed by atoms with Gasteiger partial charge in [-0.25, -0.2) is 13.8 Å². The number of hydrogen-bond acceptors (Lipinski definition) is 4. The zero-order valence-electron chi connectivity index (χ0n) is 14.8. The molecule has 1 aliphatic heterocycles. The monoisotopic (exact) mass is 371 g/mol. The van der Waals surface area contributed by atoms with E-state index in [4.69, 9.17) is 0 Å². The van der Waals surface area contributed by atoms with Gasteiger partial charge in [-0.05, 0) is 49.6 Å². The highest BCUT2D eigenvalue weighted by Crippen LogP contribution is 2.52. The maximum Gasteiger partial charge on any atom is 0.259 e. The second-order valence-corrected chi connectivity index (χ2v) is 7.63. The summed E-state index contributed by atoms with van der Waals surface area (Å²) in [5.41, 5.74) is 0.297. The van der Waals surface area contributed by atoms with Gasteiger partial charge in [-0.3, -0.25) is 9.59 Å². The minimum atomic E-state index is -0.954. The minimum absolute atomic E-state index is 0.0285. The minimum Gasteiger partial charge on any atom is -0.306 e. The molecular weight excluding hydrogens is 352 g/mol. The molecule has 2 aromatic rings. The number of Topliss-reactive ketones (excluding diaryl/α,β-unsaturated/α-hetero) is 1. The number of hydrogen-bond donors (Lipinski definition) is 1. The summed E-state index contributed by atoms with van der Waals surface area (Å²) in [6.45, 7) is 2.06. The van der Waals surface area contributed by atoms with Crippen LogP contribution in [0.3, 0.4) is 0 Å². The first-order valence-electron chi connectivity index (χ1n) is 8.81. The number of nitrogens with one attached hydrogen (secondary N) is 1. The van der Waals surface area contributed by atoms with E-state index in [2.05, 4.69) is 22.2 Å². The Morgan fingerprint density at radius 1 is 1.19 bits per heavy atom. The van der Waals surface area contributed by atoms with Crippen molar-refractivity contribution in [1.29, 1.82) is 0 Å². The lowest BCUT2D eigenvalue weighted by Crippen LogP contribution is -2.61. The smallest absolute Gasteiger partial charge is 0.259 e. The maximum atomic E-state index is 13.7. The third-order valence-corrected chi connectivity index (χ3v) is 5.36. The molecule has 1 aromatic carbocycles. The van der Waals surface area contributed by atoms with Crippen molar-refractivity contribution in [2.45, 2.75) is 12.8 Å². The first-order valence-corrected chi connectivity index (χ1v) is 8.81. The van der Waals surface area contributed by atoms with Gasteiger partial charge in [0, 0.05) is 25.1 Å². The molecule has 1 saturated carbocycles. The number of amides is 1. The Bertz CT molecular complexity index is 917. The molecule has 4 rings (SSSR count). The quantitative estimate of drug-likeness (QED) is 0.839. The molecule has 27 heavy (non-hydrogen) atoms. The molecule has 1 amide bonds. The fourth-order valence-electron chi connectivity index (χ4n) is 4.24. The topological polar surface area (TPSA) is 62.3 Å². The molecule has 1 aromatic heterocycles. The van der Waals surface area contributed by atoms with Crippen LogP contribution in [0.25, 0.3) is 0 Å². The molecule has 140 valence electrons. The molecular formula is C20H19F2N3O2. The van der Waals surface area contributed by atoms with Crippen LogP contribution in [0, 0.1) is 23.0 Å². The van der Waals surface area contributed by atoms with E-state index in [9.17, 15) is 18.4 Å². The molecule has 5 nitrogen and oxygen atoms in total. The van der Waals surface area contributed by atoms with Gasteiger partial charge in [0.05, 0.1) is 5.56 Å². The Hall–Kier alpha value is -2.67. The number of carbonyl (C=O) groups excluding carboxylic acids is 2. The molecule has 0 atom stereocenters. The van der Waals surface area contributed by atoms with E-state index in [1.165, 1.54) is 6.07 Å². The number of nitrogens with zero attached hydrogens (tertiary/aromatic N) is 2. The molecule has 2 heterocycles. The Morgan fingerprint density at radius 2 is 1.93 bits per heavy atom. The number of likely N-dealkylation sites (tertiary alicyclic amines) is 1. The van der Waals surface area contributed by atoms with Crippen LogP contribution in [0.4, 0.5) is 14.6 Å². The first-order chi connectivity index (χ1) is 12.8. The Morgan fingerprint density at radius 3 is 2.59 bits per heavy atom. The molecule has 7 heteroatoms. The molecule has 1 aliphatic carbocycles. The summed E-state index contributed by atoms with van der Waals surface area (Å²) in [5, 5.41) is 2.46. The summed E-state index contributed by atoms with van der Waals surface area (Å²) in [4.78, 5) is 31.3. The van der Waals surface area contributed by atoms with Gasteiger partial charge in [-0.2, -0.15) is 0 Å². The Kier molecular flexibility index (Phi) is 4.26. The van der Waals surface area contributed by atoms with E-state index >= 15 is 0 Å². The SMILES string of the molecule is CN1CC2(CC(C(=O)c3cccc(NC(=O)c4ccc(F)cc4F)n3)C2)C1. The van der Waals surface area contributed by atoms with E-state index in [1.54, 1.807) is 12.1 Å². The van der Waals surface area contributed by atoms with Crippen LogP contribution in [0.15, 0.2) is 36.4 Å². The van der Waals surface area contributed by atoms with E-state index in [0.29, 0.717) is 17.2 Å². The van der Waals surface area contributed by atoms with Gasteiger partial charge in [-0.1, -0.05) is 6.07 Å². The second kappa shape index (κ2) is 6.49. The normalized spacial score (nSPS) is 18.6. The van der Waals surface area contributed by atoms with Crippen LogP contribution >= 0.6 is 0 Å². The van der Waals surface area contributed by atoms with Crippen molar-refractivity contribution < 1.29 is 18.4 Å². The van der Waals surface area contributed by atoms with Crippen molar-refractivity contribution in [2.75, 3.05) is 25.5 Å². The third-order valence-electron chi connectivity index (χ3n) is 5.36. The summed E-state index contributed by atoms with van der Waals surface area (Å²) >= 11 is 0. The third kappa shape index (κ3) is 3.35. The van der Waals surface area contributed by atoms with Gasteiger partial charge >= 0.3 is 0 Å². The lowest BCUT2D eigenvalue weighted by molar-refractivity contribution is -0.0708. The van der Waals surface area contributed by atoms with E-state index in [-0.39, 0.29) is 23.1 Å². The lowest BCUT2D eigenvalue weighted by Gasteiger charge is -2.57. The molecule has 1 spiro atoms. The number of benzene rings is 1. The highest BCUT2D eigenvalue weighted by atomic mass is 19.1. The average Bonchev–Trinajstić information content (AvgIpc) is 2.56. The molecule has 1 saturated heterocycles. The summed E-state index contributed by atoms with van der Waals surface area (Å²) in [7, 11) is 2.07. The molecule has 2 aliphatic rings. The van der Waals surface area contributed by atoms with Gasteiger partial charge in [0.25, 0.3) is 5.91 Å². The average molecular weight is 371 g/mol. The maximum absolute atomic E-state index is 13.7. The number of ketones is 1. The summed E-state index contributed by atoms with van der Waals surface area (Å²) in [5.74, 6) is -2.36. The van der Waals surface area contributed by atoms with Crippen molar-refractivity contribution in [3.8, 4) is 0 Å². The number of pyridine rings is 1. The molecule has 0 unspecified atom stereocenters. The van der Waals surface area contributed by atoms with E-state index < -0.39 is 17.5 Å². The van der Waals surface area contributed by atoms with Crippen LogP contribution in [0.2, 0.25) is 0 Å². The first kappa shape index (κ1) is 17.7. The van der Waals surface area contributed by atoms with Gasteiger partial charge in [0.15, 0.2) is 5.78 Å². The van der Waals surface area contributed by atoms with Crippen LogP contribution in [-0.4, -0.2) is 41.7 Å². The highest BCUT2D eigenvalue weighted by Gasteiger charge is 2.53. The Labute approximate surface area is 155 Å². The number of anilines is 1. The fourth-order valence-corrected chi connectivity index (χ4v) is 4.24. The number of halogens is 2. The van der Waals surface area contributed by atoms with Crippen LogP contribution in [-0.2, 0) is 0 Å². The number of aromatic nitrogens is 1. The van der Waals surface area contributed by atoms with Crippen molar-refractivity contribution in [3.63, 3.8) is 0 Å².